The van der Waals surface area contributed by atoms with Gasteiger partial charge < -0.3 is 5.32 Å². The predicted molar refractivity (Wildman–Crippen MR) is 75.4 cm³/mol. The first-order chi connectivity index (χ1) is 8.75. The number of nitrogens with zero attached hydrogens (tertiary/aromatic N) is 2. The molecule has 0 radical (unpaired) electrons. The van der Waals surface area contributed by atoms with Crippen LogP contribution in [0.1, 0.15) is 38.2 Å². The van der Waals surface area contributed by atoms with Crippen molar-refractivity contribution >= 4 is 0 Å². The number of hydrogen-bond donors (Lipinski definition) is 1. The van der Waals surface area contributed by atoms with E-state index in [4.69, 9.17) is 0 Å². The van der Waals surface area contributed by atoms with E-state index in [1.807, 2.05) is 12.4 Å². The van der Waals surface area contributed by atoms with E-state index in [9.17, 15) is 0 Å². The van der Waals surface area contributed by atoms with Crippen LogP contribution in [0.3, 0.4) is 0 Å². The molecule has 1 aromatic rings. The summed E-state index contributed by atoms with van der Waals surface area (Å²) >= 11 is 0. The molecule has 0 saturated heterocycles. The zero-order valence-electron chi connectivity index (χ0n) is 11.6. The molecule has 0 spiro atoms. The second-order valence-corrected chi connectivity index (χ2v) is 5.51. The third-order valence-electron chi connectivity index (χ3n) is 3.99. The second kappa shape index (κ2) is 6.86. The van der Waals surface area contributed by atoms with E-state index < -0.39 is 0 Å². The lowest BCUT2D eigenvalue weighted by molar-refractivity contribution is 0.237. The van der Waals surface area contributed by atoms with Crippen molar-refractivity contribution in [1.82, 2.24) is 15.2 Å². The van der Waals surface area contributed by atoms with E-state index in [0.717, 1.165) is 19.1 Å². The van der Waals surface area contributed by atoms with E-state index >= 15 is 0 Å². The van der Waals surface area contributed by atoms with Crippen molar-refractivity contribution in [1.29, 1.82) is 0 Å². The van der Waals surface area contributed by atoms with Gasteiger partial charge >= 0.3 is 0 Å². The van der Waals surface area contributed by atoms with Gasteiger partial charge in [0.1, 0.15) is 0 Å². The van der Waals surface area contributed by atoms with Crippen LogP contribution in [0.15, 0.2) is 24.5 Å². The molecule has 1 fully saturated rings. The minimum atomic E-state index is 0.568. The molecule has 3 heteroatoms. The summed E-state index contributed by atoms with van der Waals surface area (Å²) in [5.41, 5.74) is 1.33. The Hall–Kier alpha value is -0.930. The molecule has 0 aliphatic heterocycles. The molecular weight excluding hydrogens is 222 g/mol. The highest BCUT2D eigenvalue weighted by Crippen LogP contribution is 2.17. The highest BCUT2D eigenvalue weighted by Gasteiger charge is 2.16. The summed E-state index contributed by atoms with van der Waals surface area (Å²) in [6.45, 7) is 4.38. The van der Waals surface area contributed by atoms with Gasteiger partial charge in [0.05, 0.1) is 0 Å². The molecule has 0 amide bonds. The van der Waals surface area contributed by atoms with Gasteiger partial charge in [0.25, 0.3) is 0 Å². The zero-order valence-corrected chi connectivity index (χ0v) is 11.6. The van der Waals surface area contributed by atoms with Gasteiger partial charge in [-0.2, -0.15) is 0 Å². The molecule has 2 rings (SSSR count). The van der Waals surface area contributed by atoms with Crippen molar-refractivity contribution in [2.24, 2.45) is 0 Å². The molecule has 1 atom stereocenters. The van der Waals surface area contributed by atoms with Crippen molar-refractivity contribution in [3.8, 4) is 0 Å². The summed E-state index contributed by atoms with van der Waals surface area (Å²) in [6.07, 6.45) is 9.26. The topological polar surface area (TPSA) is 28.2 Å². The quantitative estimate of drug-likeness (QED) is 0.837. The van der Waals surface area contributed by atoms with Gasteiger partial charge in [0.15, 0.2) is 0 Å². The van der Waals surface area contributed by atoms with E-state index in [2.05, 4.69) is 41.3 Å². The maximum Gasteiger partial charge on any atom is 0.0271 e. The molecule has 1 aliphatic rings. The SMILES string of the molecule is CC(CNC1CCCC1)N(C)Cc1ccncc1. The third kappa shape index (κ3) is 4.07. The maximum atomic E-state index is 4.06. The molecule has 18 heavy (non-hydrogen) atoms. The molecule has 3 nitrogen and oxygen atoms in total. The van der Waals surface area contributed by atoms with Crippen LogP contribution >= 0.6 is 0 Å². The van der Waals surface area contributed by atoms with Gasteiger partial charge in [-0.3, -0.25) is 9.88 Å². The van der Waals surface area contributed by atoms with Gasteiger partial charge in [-0.1, -0.05) is 12.8 Å². The molecule has 1 saturated carbocycles. The number of nitrogens with one attached hydrogen (secondary N) is 1. The van der Waals surface area contributed by atoms with E-state index in [-0.39, 0.29) is 0 Å². The molecule has 1 aliphatic carbocycles. The molecule has 0 aromatic carbocycles. The Labute approximate surface area is 111 Å². The monoisotopic (exact) mass is 247 g/mol. The Bertz CT molecular complexity index is 333. The maximum absolute atomic E-state index is 4.06. The fraction of sp³-hybridized carbons (Fsp3) is 0.667. The molecule has 1 heterocycles. The van der Waals surface area contributed by atoms with Crippen LogP contribution in [0, 0.1) is 0 Å². The summed E-state index contributed by atoms with van der Waals surface area (Å²) in [5.74, 6) is 0. The van der Waals surface area contributed by atoms with E-state index in [1.54, 1.807) is 0 Å². The minimum Gasteiger partial charge on any atom is -0.312 e. The average Bonchev–Trinajstić information content (AvgIpc) is 2.90. The lowest BCUT2D eigenvalue weighted by Crippen LogP contribution is -2.40. The highest BCUT2D eigenvalue weighted by molar-refractivity contribution is 5.09. The Morgan fingerprint density at radius 3 is 2.67 bits per heavy atom. The summed E-state index contributed by atoms with van der Waals surface area (Å²) in [4.78, 5) is 6.46. The first-order valence-corrected chi connectivity index (χ1v) is 7.08. The normalized spacial score (nSPS) is 18.4. The number of pyridine rings is 1. The van der Waals surface area contributed by atoms with Crippen molar-refractivity contribution in [3.05, 3.63) is 30.1 Å². The van der Waals surface area contributed by atoms with Crippen molar-refractivity contribution in [2.45, 2.75) is 51.2 Å². The van der Waals surface area contributed by atoms with Crippen LogP contribution in [0.2, 0.25) is 0 Å². The Morgan fingerprint density at radius 1 is 1.33 bits per heavy atom. The smallest absolute Gasteiger partial charge is 0.0271 e. The summed E-state index contributed by atoms with van der Waals surface area (Å²) in [5, 5.41) is 3.69. The highest BCUT2D eigenvalue weighted by atomic mass is 15.1. The lowest BCUT2D eigenvalue weighted by Gasteiger charge is -2.26. The van der Waals surface area contributed by atoms with Crippen LogP contribution in [0.5, 0.6) is 0 Å². The third-order valence-corrected chi connectivity index (χ3v) is 3.99. The van der Waals surface area contributed by atoms with Crippen LogP contribution in [0.4, 0.5) is 0 Å². The van der Waals surface area contributed by atoms with Crippen LogP contribution in [0.25, 0.3) is 0 Å². The van der Waals surface area contributed by atoms with Crippen molar-refractivity contribution < 1.29 is 0 Å². The molecule has 100 valence electrons. The predicted octanol–water partition coefficient (Wildman–Crippen LogP) is 2.43. The Balaban J connectivity index is 1.72. The van der Waals surface area contributed by atoms with Gasteiger partial charge in [0, 0.05) is 37.6 Å². The summed E-state index contributed by atoms with van der Waals surface area (Å²) in [6, 6.07) is 5.52. The lowest BCUT2D eigenvalue weighted by atomic mass is 10.2. The molecule has 0 bridgehead atoms. The molecular formula is C15H25N3. The number of hydrogen-bond acceptors (Lipinski definition) is 3. The summed E-state index contributed by atoms with van der Waals surface area (Å²) in [7, 11) is 2.20. The largest absolute Gasteiger partial charge is 0.312 e. The zero-order chi connectivity index (χ0) is 12.8. The van der Waals surface area contributed by atoms with Gasteiger partial charge in [-0.05, 0) is 44.5 Å². The summed E-state index contributed by atoms with van der Waals surface area (Å²) < 4.78 is 0. The van der Waals surface area contributed by atoms with E-state index in [1.165, 1.54) is 31.2 Å². The Kier molecular flexibility index (Phi) is 5.14. The van der Waals surface area contributed by atoms with Gasteiger partial charge in [0.2, 0.25) is 0 Å². The fourth-order valence-electron chi connectivity index (χ4n) is 2.56. The molecule has 1 unspecified atom stereocenters. The molecule has 1 aromatic heterocycles. The fourth-order valence-corrected chi connectivity index (χ4v) is 2.56. The number of likely N-dealkylation sites (N-methyl/N-ethyl adjacent to an activating group) is 1. The van der Waals surface area contributed by atoms with Crippen LogP contribution in [-0.4, -0.2) is 35.6 Å². The second-order valence-electron chi connectivity index (χ2n) is 5.51. The minimum absolute atomic E-state index is 0.568. The standard InChI is InChI=1S/C15H25N3/c1-13(11-17-15-5-3-4-6-15)18(2)12-14-7-9-16-10-8-14/h7-10,13,15,17H,3-6,11-12H2,1-2H3. The van der Waals surface area contributed by atoms with Crippen molar-refractivity contribution in [2.75, 3.05) is 13.6 Å². The first-order valence-electron chi connectivity index (χ1n) is 7.08. The van der Waals surface area contributed by atoms with Crippen LogP contribution < -0.4 is 5.32 Å². The van der Waals surface area contributed by atoms with E-state index in [0.29, 0.717) is 6.04 Å². The molecule has 1 N–H and O–H groups in total. The van der Waals surface area contributed by atoms with Crippen molar-refractivity contribution in [3.63, 3.8) is 0 Å². The first kappa shape index (κ1) is 13.5. The number of aromatic nitrogens is 1. The Morgan fingerprint density at radius 2 is 2.00 bits per heavy atom. The van der Waals surface area contributed by atoms with Gasteiger partial charge in [-0.15, -0.1) is 0 Å². The van der Waals surface area contributed by atoms with Gasteiger partial charge in [-0.25, -0.2) is 0 Å². The average molecular weight is 247 g/mol. The van der Waals surface area contributed by atoms with Crippen LogP contribution in [-0.2, 0) is 6.54 Å². The number of rotatable bonds is 6.